The summed E-state index contributed by atoms with van der Waals surface area (Å²) in [6.45, 7) is 0.843. The van der Waals surface area contributed by atoms with Gasteiger partial charge in [0.05, 0.1) is 0 Å². The fourth-order valence-electron chi connectivity index (χ4n) is 2.74. The van der Waals surface area contributed by atoms with E-state index in [1.165, 1.54) is 30.6 Å². The van der Waals surface area contributed by atoms with Gasteiger partial charge in [-0.05, 0) is 42.5 Å². The molecule has 1 aromatic rings. The third-order valence-corrected chi connectivity index (χ3v) is 6.14. The van der Waals surface area contributed by atoms with Gasteiger partial charge >= 0.3 is 0 Å². The molecule has 4 heteroatoms. The molecular formula is C15H22BrNOS. The Balaban J connectivity index is 1.64. The molecule has 0 bridgehead atoms. The first kappa shape index (κ1) is 15.0. The van der Waals surface area contributed by atoms with Gasteiger partial charge in [0.2, 0.25) is 5.91 Å². The summed E-state index contributed by atoms with van der Waals surface area (Å²) in [5.74, 6) is 0.212. The first-order valence-corrected chi connectivity index (χ1v) is 9.09. The summed E-state index contributed by atoms with van der Waals surface area (Å²) in [6.07, 6.45) is 7.72. The minimum absolute atomic E-state index is 0.212. The summed E-state index contributed by atoms with van der Waals surface area (Å²) in [5, 5.41) is 6.23. The van der Waals surface area contributed by atoms with E-state index < -0.39 is 0 Å². The van der Waals surface area contributed by atoms with Crippen LogP contribution in [0.25, 0.3) is 0 Å². The monoisotopic (exact) mass is 343 g/mol. The summed E-state index contributed by atoms with van der Waals surface area (Å²) in [6, 6.07) is 4.21. The van der Waals surface area contributed by atoms with E-state index in [-0.39, 0.29) is 5.91 Å². The lowest BCUT2D eigenvalue weighted by molar-refractivity contribution is -0.121. The molecular weight excluding hydrogens is 322 g/mol. The van der Waals surface area contributed by atoms with Crippen molar-refractivity contribution < 1.29 is 4.79 Å². The summed E-state index contributed by atoms with van der Waals surface area (Å²) in [4.78, 5) is 13.2. The van der Waals surface area contributed by atoms with Crippen LogP contribution in [0.3, 0.4) is 0 Å². The summed E-state index contributed by atoms with van der Waals surface area (Å²) < 4.78 is 0. The highest BCUT2D eigenvalue weighted by atomic mass is 79.9. The molecule has 1 aliphatic rings. The Morgan fingerprint density at radius 2 is 2.21 bits per heavy atom. The van der Waals surface area contributed by atoms with Gasteiger partial charge < -0.3 is 5.32 Å². The molecule has 0 radical (unpaired) electrons. The highest BCUT2D eigenvalue weighted by molar-refractivity contribution is 9.09. The molecule has 106 valence electrons. The van der Waals surface area contributed by atoms with E-state index in [2.05, 4.69) is 38.8 Å². The Morgan fingerprint density at radius 1 is 1.42 bits per heavy atom. The standard InChI is InChI=1S/C15H22BrNOS/c16-11-15(8-1-2-9-15)12-17-14(18)7-3-5-13-6-4-10-19-13/h4,6,10H,1-3,5,7-9,11-12H2,(H,17,18). The number of hydrogen-bond donors (Lipinski definition) is 1. The molecule has 1 amide bonds. The van der Waals surface area contributed by atoms with Crippen LogP contribution in [0, 0.1) is 5.41 Å². The average molecular weight is 344 g/mol. The minimum atomic E-state index is 0.212. The molecule has 0 atom stereocenters. The first-order chi connectivity index (χ1) is 9.24. The zero-order valence-electron chi connectivity index (χ0n) is 11.3. The van der Waals surface area contributed by atoms with Crippen LogP contribution in [0.15, 0.2) is 17.5 Å². The van der Waals surface area contributed by atoms with E-state index in [1.54, 1.807) is 11.3 Å². The number of hydrogen-bond acceptors (Lipinski definition) is 2. The van der Waals surface area contributed by atoms with Gasteiger partial charge in [0.25, 0.3) is 0 Å². The number of carbonyl (C=O) groups is 1. The van der Waals surface area contributed by atoms with Gasteiger partial charge in [-0.2, -0.15) is 0 Å². The van der Waals surface area contributed by atoms with Gasteiger partial charge in [-0.1, -0.05) is 34.8 Å². The van der Waals surface area contributed by atoms with Crippen LogP contribution in [0.5, 0.6) is 0 Å². The van der Waals surface area contributed by atoms with Gasteiger partial charge in [-0.15, -0.1) is 11.3 Å². The molecule has 0 unspecified atom stereocenters. The minimum Gasteiger partial charge on any atom is -0.356 e. The Kier molecular flexibility index (Phi) is 5.89. The molecule has 1 aromatic heterocycles. The highest BCUT2D eigenvalue weighted by Crippen LogP contribution is 2.38. The fraction of sp³-hybridized carbons (Fsp3) is 0.667. The maximum atomic E-state index is 11.9. The lowest BCUT2D eigenvalue weighted by atomic mass is 9.89. The van der Waals surface area contributed by atoms with E-state index in [0.29, 0.717) is 11.8 Å². The van der Waals surface area contributed by atoms with Crippen molar-refractivity contribution in [3.05, 3.63) is 22.4 Å². The third kappa shape index (κ3) is 4.60. The zero-order valence-corrected chi connectivity index (χ0v) is 13.7. The Morgan fingerprint density at radius 3 is 2.84 bits per heavy atom. The largest absolute Gasteiger partial charge is 0.356 e. The number of halogens is 1. The lowest BCUT2D eigenvalue weighted by Gasteiger charge is -2.26. The first-order valence-electron chi connectivity index (χ1n) is 7.09. The van der Waals surface area contributed by atoms with Crippen LogP contribution in [-0.4, -0.2) is 17.8 Å². The Bertz CT molecular complexity index is 385. The highest BCUT2D eigenvalue weighted by Gasteiger charge is 2.32. The molecule has 2 nitrogen and oxygen atoms in total. The number of amides is 1. The van der Waals surface area contributed by atoms with Crippen LogP contribution in [-0.2, 0) is 11.2 Å². The fourth-order valence-corrected chi connectivity index (χ4v) is 4.25. The lowest BCUT2D eigenvalue weighted by Crippen LogP contribution is -2.37. The second-order valence-electron chi connectivity index (χ2n) is 5.55. The number of carbonyl (C=O) groups excluding carboxylic acids is 1. The predicted molar refractivity (Wildman–Crippen MR) is 85.0 cm³/mol. The summed E-state index contributed by atoms with van der Waals surface area (Å²) in [7, 11) is 0. The zero-order chi connectivity index (χ0) is 13.6. The molecule has 0 spiro atoms. The molecule has 1 aliphatic carbocycles. The molecule has 1 heterocycles. The molecule has 2 rings (SSSR count). The van der Waals surface area contributed by atoms with Crippen molar-refractivity contribution in [2.75, 3.05) is 11.9 Å². The van der Waals surface area contributed by atoms with Crippen LogP contribution >= 0.6 is 27.3 Å². The number of thiophene rings is 1. The van der Waals surface area contributed by atoms with E-state index in [1.807, 2.05) is 0 Å². The molecule has 1 saturated carbocycles. The van der Waals surface area contributed by atoms with Crippen LogP contribution in [0.1, 0.15) is 43.4 Å². The van der Waals surface area contributed by atoms with Crippen LogP contribution < -0.4 is 5.32 Å². The van der Waals surface area contributed by atoms with E-state index in [9.17, 15) is 4.79 Å². The van der Waals surface area contributed by atoms with Gasteiger partial charge in [-0.3, -0.25) is 4.79 Å². The SMILES string of the molecule is O=C(CCCc1cccs1)NCC1(CBr)CCCC1. The third-order valence-electron chi connectivity index (χ3n) is 4.02. The number of alkyl halides is 1. The van der Waals surface area contributed by atoms with Crippen molar-refractivity contribution in [2.24, 2.45) is 5.41 Å². The molecule has 0 aromatic carbocycles. The maximum Gasteiger partial charge on any atom is 0.220 e. The van der Waals surface area contributed by atoms with Crippen molar-refractivity contribution >= 4 is 33.2 Å². The van der Waals surface area contributed by atoms with E-state index >= 15 is 0 Å². The molecule has 19 heavy (non-hydrogen) atoms. The van der Waals surface area contributed by atoms with Gasteiger partial charge in [-0.25, -0.2) is 0 Å². The summed E-state index contributed by atoms with van der Waals surface area (Å²) in [5.41, 5.74) is 0.323. The molecule has 1 N–H and O–H groups in total. The van der Waals surface area contributed by atoms with Crippen molar-refractivity contribution in [1.29, 1.82) is 0 Å². The second kappa shape index (κ2) is 7.44. The van der Waals surface area contributed by atoms with Gasteiger partial charge in [0, 0.05) is 23.2 Å². The maximum absolute atomic E-state index is 11.9. The molecule has 1 fully saturated rings. The predicted octanol–water partition coefficient (Wildman–Crippen LogP) is 4.14. The van der Waals surface area contributed by atoms with Gasteiger partial charge in [0.1, 0.15) is 0 Å². The topological polar surface area (TPSA) is 29.1 Å². The average Bonchev–Trinajstić information content (AvgIpc) is 3.08. The Labute approximate surface area is 128 Å². The van der Waals surface area contributed by atoms with Crippen LogP contribution in [0.2, 0.25) is 0 Å². The van der Waals surface area contributed by atoms with E-state index in [4.69, 9.17) is 0 Å². The summed E-state index contributed by atoms with van der Waals surface area (Å²) >= 11 is 5.39. The smallest absolute Gasteiger partial charge is 0.220 e. The molecule has 0 aliphatic heterocycles. The van der Waals surface area contributed by atoms with Crippen molar-refractivity contribution in [1.82, 2.24) is 5.32 Å². The molecule has 0 saturated heterocycles. The van der Waals surface area contributed by atoms with Crippen molar-refractivity contribution in [3.8, 4) is 0 Å². The van der Waals surface area contributed by atoms with Crippen LogP contribution in [0.4, 0.5) is 0 Å². The van der Waals surface area contributed by atoms with Gasteiger partial charge in [0.15, 0.2) is 0 Å². The van der Waals surface area contributed by atoms with E-state index in [0.717, 1.165) is 24.7 Å². The Hall–Kier alpha value is -0.350. The number of rotatable bonds is 7. The number of nitrogens with one attached hydrogen (secondary N) is 1. The quantitative estimate of drug-likeness (QED) is 0.740. The van der Waals surface area contributed by atoms with Crippen molar-refractivity contribution in [2.45, 2.75) is 44.9 Å². The van der Waals surface area contributed by atoms with Crippen molar-refractivity contribution in [3.63, 3.8) is 0 Å². The number of aryl methyl sites for hydroxylation is 1. The normalized spacial score (nSPS) is 17.5. The second-order valence-corrected chi connectivity index (χ2v) is 7.14.